The molecule has 1 aromatic heterocycles. The highest BCUT2D eigenvalue weighted by molar-refractivity contribution is 8.00. The second-order valence-corrected chi connectivity index (χ2v) is 5.33. The second-order valence-electron chi connectivity index (χ2n) is 4.29. The summed E-state index contributed by atoms with van der Waals surface area (Å²) < 4.78 is 0. The molecule has 2 rings (SSSR count). The molecule has 0 saturated carbocycles. The molecular weight excluding hydrogens is 286 g/mol. The van der Waals surface area contributed by atoms with Gasteiger partial charge in [0, 0.05) is 17.3 Å². The van der Waals surface area contributed by atoms with Crippen molar-refractivity contribution in [2.45, 2.75) is 10.9 Å². The first-order valence-corrected chi connectivity index (χ1v) is 7.32. The summed E-state index contributed by atoms with van der Waals surface area (Å²) in [6, 6.07) is 11.8. The molecule has 0 saturated heterocycles. The number of carbonyl (C=O) groups excluding carboxylic acids is 2. The molecule has 1 heterocycles. The van der Waals surface area contributed by atoms with Gasteiger partial charge in [-0.3, -0.25) is 14.6 Å². The molecule has 0 spiro atoms. The predicted molar refractivity (Wildman–Crippen MR) is 81.5 cm³/mol. The Hall–Kier alpha value is -2.34. The number of nitrogens with two attached hydrogens (primary N) is 1. The number of amides is 2. The van der Waals surface area contributed by atoms with Crippen molar-refractivity contribution in [3.63, 3.8) is 0 Å². The summed E-state index contributed by atoms with van der Waals surface area (Å²) in [7, 11) is 0. The van der Waals surface area contributed by atoms with E-state index < -0.39 is 11.9 Å². The minimum atomic E-state index is -0.809. The van der Waals surface area contributed by atoms with Crippen LogP contribution in [0.1, 0.15) is 11.6 Å². The quantitative estimate of drug-likeness (QED) is 0.792. The smallest absolute Gasteiger partial charge is 0.244 e. The van der Waals surface area contributed by atoms with Gasteiger partial charge in [-0.05, 0) is 17.7 Å². The van der Waals surface area contributed by atoms with Crippen molar-refractivity contribution in [3.05, 3.63) is 60.4 Å². The normalized spacial score (nSPS) is 11.6. The van der Waals surface area contributed by atoms with Crippen LogP contribution in [-0.2, 0) is 9.59 Å². The SMILES string of the molecule is NC(=O)[C@H](NC(=O)CSc1ccncc1)c1ccccc1. The van der Waals surface area contributed by atoms with E-state index in [4.69, 9.17) is 5.73 Å². The minimum Gasteiger partial charge on any atom is -0.368 e. The van der Waals surface area contributed by atoms with Crippen LogP contribution in [-0.4, -0.2) is 22.6 Å². The van der Waals surface area contributed by atoms with E-state index in [-0.39, 0.29) is 11.7 Å². The summed E-state index contributed by atoms with van der Waals surface area (Å²) in [5, 5.41) is 2.65. The highest BCUT2D eigenvalue weighted by Crippen LogP contribution is 2.17. The Balaban J connectivity index is 1.95. The van der Waals surface area contributed by atoms with Gasteiger partial charge in [0.05, 0.1) is 5.75 Å². The number of rotatable bonds is 6. The van der Waals surface area contributed by atoms with Crippen molar-refractivity contribution in [3.8, 4) is 0 Å². The lowest BCUT2D eigenvalue weighted by Crippen LogP contribution is -2.38. The molecule has 1 aromatic carbocycles. The molecule has 1 atom stereocenters. The molecule has 0 radical (unpaired) electrons. The van der Waals surface area contributed by atoms with Gasteiger partial charge in [-0.2, -0.15) is 0 Å². The Labute approximate surface area is 127 Å². The summed E-state index contributed by atoms with van der Waals surface area (Å²) >= 11 is 1.37. The second kappa shape index (κ2) is 7.44. The Morgan fingerprint density at radius 1 is 1.14 bits per heavy atom. The molecule has 21 heavy (non-hydrogen) atoms. The summed E-state index contributed by atoms with van der Waals surface area (Å²) in [6.07, 6.45) is 3.33. The van der Waals surface area contributed by atoms with Gasteiger partial charge in [0.1, 0.15) is 6.04 Å². The molecule has 108 valence electrons. The highest BCUT2D eigenvalue weighted by atomic mass is 32.2. The molecule has 0 aliphatic carbocycles. The Morgan fingerprint density at radius 2 is 1.81 bits per heavy atom. The van der Waals surface area contributed by atoms with Crippen LogP contribution < -0.4 is 11.1 Å². The van der Waals surface area contributed by atoms with E-state index in [0.717, 1.165) is 4.90 Å². The fourth-order valence-electron chi connectivity index (χ4n) is 1.75. The first kappa shape index (κ1) is 15.1. The molecule has 5 nitrogen and oxygen atoms in total. The van der Waals surface area contributed by atoms with Gasteiger partial charge in [0.25, 0.3) is 0 Å². The van der Waals surface area contributed by atoms with Crippen LogP contribution in [0.3, 0.4) is 0 Å². The average molecular weight is 301 g/mol. The van der Waals surface area contributed by atoms with Gasteiger partial charge in [-0.15, -0.1) is 11.8 Å². The van der Waals surface area contributed by atoms with E-state index in [1.54, 1.807) is 36.7 Å². The van der Waals surface area contributed by atoms with E-state index in [0.29, 0.717) is 5.56 Å². The Kier molecular flexibility index (Phi) is 5.34. The molecule has 0 aliphatic rings. The lowest BCUT2D eigenvalue weighted by atomic mass is 10.1. The van der Waals surface area contributed by atoms with Crippen LogP contribution in [0.15, 0.2) is 59.8 Å². The first-order valence-electron chi connectivity index (χ1n) is 6.33. The molecule has 2 amide bonds. The topological polar surface area (TPSA) is 85.1 Å². The number of nitrogens with zero attached hydrogens (tertiary/aromatic N) is 1. The van der Waals surface area contributed by atoms with Crippen LogP contribution in [0.5, 0.6) is 0 Å². The third-order valence-electron chi connectivity index (χ3n) is 2.74. The third kappa shape index (κ3) is 4.61. The maximum absolute atomic E-state index is 11.9. The van der Waals surface area contributed by atoms with Crippen molar-refractivity contribution >= 4 is 23.6 Å². The molecule has 0 bridgehead atoms. The van der Waals surface area contributed by atoms with Crippen LogP contribution in [0.2, 0.25) is 0 Å². The van der Waals surface area contributed by atoms with Crippen molar-refractivity contribution < 1.29 is 9.59 Å². The van der Waals surface area contributed by atoms with Gasteiger partial charge in [0.2, 0.25) is 11.8 Å². The van der Waals surface area contributed by atoms with Gasteiger partial charge in [0.15, 0.2) is 0 Å². The standard InChI is InChI=1S/C15H15N3O2S/c16-15(20)14(11-4-2-1-3-5-11)18-13(19)10-21-12-6-8-17-9-7-12/h1-9,14H,10H2,(H2,16,20)(H,18,19)/t14-/m1/s1. The monoisotopic (exact) mass is 301 g/mol. The number of nitrogens with one attached hydrogen (secondary N) is 1. The van der Waals surface area contributed by atoms with E-state index in [1.807, 2.05) is 18.2 Å². The lowest BCUT2D eigenvalue weighted by molar-refractivity contribution is -0.126. The Morgan fingerprint density at radius 3 is 2.43 bits per heavy atom. The average Bonchev–Trinajstić information content (AvgIpc) is 2.52. The lowest BCUT2D eigenvalue weighted by Gasteiger charge is -2.15. The number of hydrogen-bond donors (Lipinski definition) is 2. The molecule has 2 aromatic rings. The summed E-state index contributed by atoms with van der Waals surface area (Å²) in [5.41, 5.74) is 6.03. The fraction of sp³-hybridized carbons (Fsp3) is 0.133. The number of benzene rings is 1. The van der Waals surface area contributed by atoms with Gasteiger partial charge < -0.3 is 11.1 Å². The first-order chi connectivity index (χ1) is 10.2. The molecule has 0 unspecified atom stereocenters. The zero-order valence-electron chi connectivity index (χ0n) is 11.2. The number of primary amides is 1. The van der Waals surface area contributed by atoms with Crippen LogP contribution in [0.25, 0.3) is 0 Å². The van der Waals surface area contributed by atoms with Gasteiger partial charge in [-0.25, -0.2) is 0 Å². The highest BCUT2D eigenvalue weighted by Gasteiger charge is 2.19. The van der Waals surface area contributed by atoms with Crippen LogP contribution in [0, 0.1) is 0 Å². The number of pyridine rings is 1. The van der Waals surface area contributed by atoms with E-state index in [1.165, 1.54) is 11.8 Å². The van der Waals surface area contributed by atoms with Gasteiger partial charge >= 0.3 is 0 Å². The minimum absolute atomic E-state index is 0.209. The third-order valence-corrected chi connectivity index (χ3v) is 3.75. The van der Waals surface area contributed by atoms with Crippen molar-refractivity contribution in [1.82, 2.24) is 10.3 Å². The largest absolute Gasteiger partial charge is 0.368 e. The number of thioether (sulfide) groups is 1. The van der Waals surface area contributed by atoms with Crippen molar-refractivity contribution in [2.75, 3.05) is 5.75 Å². The maximum atomic E-state index is 11.9. The van der Waals surface area contributed by atoms with Crippen LogP contribution >= 0.6 is 11.8 Å². The Bertz CT molecular complexity index is 605. The zero-order chi connectivity index (χ0) is 15.1. The van der Waals surface area contributed by atoms with E-state index in [9.17, 15) is 9.59 Å². The van der Waals surface area contributed by atoms with Crippen LogP contribution in [0.4, 0.5) is 0 Å². The summed E-state index contributed by atoms with van der Waals surface area (Å²) in [6.45, 7) is 0. The molecular formula is C15H15N3O2S. The van der Waals surface area contributed by atoms with Crippen molar-refractivity contribution in [2.24, 2.45) is 5.73 Å². The van der Waals surface area contributed by atoms with Gasteiger partial charge in [-0.1, -0.05) is 30.3 Å². The number of carbonyl (C=O) groups is 2. The van der Waals surface area contributed by atoms with E-state index in [2.05, 4.69) is 10.3 Å². The summed E-state index contributed by atoms with van der Waals surface area (Å²) in [4.78, 5) is 28.3. The zero-order valence-corrected chi connectivity index (χ0v) is 12.0. The molecule has 3 N–H and O–H groups in total. The maximum Gasteiger partial charge on any atom is 0.244 e. The number of aromatic nitrogens is 1. The predicted octanol–water partition coefficient (Wildman–Crippen LogP) is 1.52. The fourth-order valence-corrected chi connectivity index (χ4v) is 2.45. The molecule has 6 heteroatoms. The van der Waals surface area contributed by atoms with E-state index >= 15 is 0 Å². The molecule has 0 fully saturated rings. The molecule has 0 aliphatic heterocycles. The summed E-state index contributed by atoms with van der Waals surface area (Å²) in [5.74, 6) is -0.617. The van der Waals surface area contributed by atoms with Crippen molar-refractivity contribution in [1.29, 1.82) is 0 Å². The number of hydrogen-bond acceptors (Lipinski definition) is 4.